The smallest absolute Gasteiger partial charge is 0.242 e. The van der Waals surface area contributed by atoms with Gasteiger partial charge in [0.15, 0.2) is 0 Å². The molecule has 0 radical (unpaired) electrons. The lowest BCUT2D eigenvalue weighted by atomic mass is 10.0. The Morgan fingerprint density at radius 3 is 2.20 bits per heavy atom. The largest absolute Gasteiger partial charge is 0.299 e. The van der Waals surface area contributed by atoms with E-state index in [-0.39, 0.29) is 16.0 Å². The van der Waals surface area contributed by atoms with Crippen LogP contribution in [0, 0.1) is 0 Å². The summed E-state index contributed by atoms with van der Waals surface area (Å²) < 4.78 is 27.9. The van der Waals surface area contributed by atoms with E-state index in [1.807, 2.05) is 18.2 Å². The number of likely N-dealkylation sites (N-methyl/N-ethyl adjacent to an activating group) is 1. The fourth-order valence-electron chi connectivity index (χ4n) is 2.90. The molecule has 25 heavy (non-hydrogen) atoms. The molecule has 0 aliphatic rings. The number of rotatable bonds is 9. The van der Waals surface area contributed by atoms with Crippen LogP contribution in [0.1, 0.15) is 19.4 Å². The maximum Gasteiger partial charge on any atom is 0.242 e. The second kappa shape index (κ2) is 9.34. The Hall–Kier alpha value is -1.40. The van der Waals surface area contributed by atoms with Crippen LogP contribution in [0.25, 0.3) is 0 Å². The molecule has 0 aliphatic heterocycles. The van der Waals surface area contributed by atoms with Crippen molar-refractivity contribution in [2.24, 2.45) is 0 Å². The van der Waals surface area contributed by atoms with Gasteiger partial charge in [0.25, 0.3) is 0 Å². The van der Waals surface area contributed by atoms with Crippen molar-refractivity contribution in [3.8, 4) is 0 Å². The van der Waals surface area contributed by atoms with E-state index in [1.165, 1.54) is 11.6 Å². The van der Waals surface area contributed by atoms with Crippen LogP contribution in [0.5, 0.6) is 0 Å². The molecule has 136 valence electrons. The summed E-state index contributed by atoms with van der Waals surface area (Å²) in [5.74, 6) is 0. The third-order valence-electron chi connectivity index (χ3n) is 4.28. The lowest BCUT2D eigenvalue weighted by molar-refractivity contribution is 0.216. The fraction of sp³-hybridized carbons (Fsp3) is 0.368. The van der Waals surface area contributed by atoms with Crippen LogP contribution >= 0.6 is 11.6 Å². The van der Waals surface area contributed by atoms with Crippen LogP contribution in [-0.4, -0.2) is 39.0 Å². The number of sulfonamides is 1. The highest BCUT2D eigenvalue weighted by atomic mass is 35.5. The monoisotopic (exact) mass is 380 g/mol. The van der Waals surface area contributed by atoms with E-state index in [2.05, 4.69) is 35.6 Å². The lowest BCUT2D eigenvalue weighted by Gasteiger charge is -2.30. The standard InChI is InChI=1S/C19H25ClN2O2S/c1-3-22(4-2)17(14-16-10-6-5-7-11-16)15-21-25(23,24)19-13-9-8-12-18(19)20/h5-13,17,21H,3-4,14-15H2,1-2H3. The molecule has 1 unspecified atom stereocenters. The molecule has 2 rings (SSSR count). The highest BCUT2D eigenvalue weighted by Crippen LogP contribution is 2.20. The molecule has 0 heterocycles. The summed E-state index contributed by atoms with van der Waals surface area (Å²) >= 11 is 6.04. The molecule has 1 N–H and O–H groups in total. The Bertz CT molecular complexity index is 762. The number of nitrogens with zero attached hydrogens (tertiary/aromatic N) is 1. The molecule has 0 fully saturated rings. The Morgan fingerprint density at radius 1 is 1.00 bits per heavy atom. The van der Waals surface area contributed by atoms with Crippen LogP contribution < -0.4 is 4.72 Å². The summed E-state index contributed by atoms with van der Waals surface area (Å²) in [7, 11) is -3.64. The van der Waals surface area contributed by atoms with Gasteiger partial charge in [-0.05, 0) is 37.2 Å². The van der Waals surface area contributed by atoms with E-state index < -0.39 is 10.0 Å². The molecule has 2 aromatic carbocycles. The zero-order valence-corrected chi connectivity index (χ0v) is 16.2. The minimum absolute atomic E-state index is 0.0784. The van der Waals surface area contributed by atoms with Crippen molar-refractivity contribution in [1.29, 1.82) is 0 Å². The van der Waals surface area contributed by atoms with E-state index in [1.54, 1.807) is 18.2 Å². The molecule has 2 aromatic rings. The van der Waals surface area contributed by atoms with Crippen LogP contribution in [-0.2, 0) is 16.4 Å². The van der Waals surface area contributed by atoms with E-state index >= 15 is 0 Å². The SMILES string of the molecule is CCN(CC)C(CNS(=O)(=O)c1ccccc1Cl)Cc1ccccc1. The Balaban J connectivity index is 2.15. The molecular weight excluding hydrogens is 356 g/mol. The number of benzene rings is 2. The zero-order valence-electron chi connectivity index (χ0n) is 14.7. The summed E-state index contributed by atoms with van der Waals surface area (Å²) in [6.07, 6.45) is 0.785. The quantitative estimate of drug-likeness (QED) is 0.723. The van der Waals surface area contributed by atoms with Gasteiger partial charge in [-0.25, -0.2) is 13.1 Å². The normalized spacial score (nSPS) is 13.1. The first-order valence-electron chi connectivity index (χ1n) is 8.50. The molecule has 0 aliphatic carbocycles. The topological polar surface area (TPSA) is 49.4 Å². The minimum atomic E-state index is -3.64. The average Bonchev–Trinajstić information content (AvgIpc) is 2.61. The van der Waals surface area contributed by atoms with Crippen molar-refractivity contribution in [1.82, 2.24) is 9.62 Å². The van der Waals surface area contributed by atoms with Gasteiger partial charge in [0.2, 0.25) is 10.0 Å². The average molecular weight is 381 g/mol. The third kappa shape index (κ3) is 5.54. The fourth-order valence-corrected chi connectivity index (χ4v) is 4.49. The maximum atomic E-state index is 12.6. The molecule has 0 spiro atoms. The van der Waals surface area contributed by atoms with Crippen LogP contribution in [0.15, 0.2) is 59.5 Å². The van der Waals surface area contributed by atoms with Gasteiger partial charge in [-0.15, -0.1) is 0 Å². The van der Waals surface area contributed by atoms with Gasteiger partial charge in [0.1, 0.15) is 4.90 Å². The van der Waals surface area contributed by atoms with Gasteiger partial charge in [0.05, 0.1) is 5.02 Å². The van der Waals surface area contributed by atoms with Crippen molar-refractivity contribution >= 4 is 21.6 Å². The molecular formula is C19H25ClN2O2S. The van der Waals surface area contributed by atoms with Gasteiger partial charge < -0.3 is 0 Å². The Kier molecular flexibility index (Phi) is 7.44. The highest BCUT2D eigenvalue weighted by Gasteiger charge is 2.22. The van der Waals surface area contributed by atoms with E-state index in [0.29, 0.717) is 6.54 Å². The Labute approximate surface area is 155 Å². The van der Waals surface area contributed by atoms with Crippen molar-refractivity contribution in [2.45, 2.75) is 31.2 Å². The molecule has 0 saturated carbocycles. The van der Waals surface area contributed by atoms with Crippen LogP contribution in [0.2, 0.25) is 5.02 Å². The zero-order chi connectivity index (χ0) is 18.3. The molecule has 0 saturated heterocycles. The molecule has 6 heteroatoms. The lowest BCUT2D eigenvalue weighted by Crippen LogP contribution is -2.45. The van der Waals surface area contributed by atoms with E-state index in [0.717, 1.165) is 19.5 Å². The molecule has 0 aromatic heterocycles. The minimum Gasteiger partial charge on any atom is -0.299 e. The number of hydrogen-bond donors (Lipinski definition) is 1. The number of halogens is 1. The summed E-state index contributed by atoms with van der Waals surface area (Å²) in [5.41, 5.74) is 1.19. The predicted octanol–water partition coefficient (Wildman–Crippen LogP) is 3.57. The summed E-state index contributed by atoms with van der Waals surface area (Å²) in [6, 6.07) is 16.7. The summed E-state index contributed by atoms with van der Waals surface area (Å²) in [5, 5.41) is 0.234. The predicted molar refractivity (Wildman–Crippen MR) is 103 cm³/mol. The van der Waals surface area contributed by atoms with E-state index in [9.17, 15) is 8.42 Å². The first-order chi connectivity index (χ1) is 12.0. The first-order valence-corrected chi connectivity index (χ1v) is 10.4. The van der Waals surface area contributed by atoms with Crippen LogP contribution in [0.4, 0.5) is 0 Å². The number of hydrogen-bond acceptors (Lipinski definition) is 3. The molecule has 0 amide bonds. The third-order valence-corrected chi connectivity index (χ3v) is 6.20. The van der Waals surface area contributed by atoms with Gasteiger partial charge in [-0.2, -0.15) is 0 Å². The van der Waals surface area contributed by atoms with Gasteiger partial charge >= 0.3 is 0 Å². The summed E-state index contributed by atoms with van der Waals surface area (Å²) in [4.78, 5) is 2.39. The van der Waals surface area contributed by atoms with Crippen LogP contribution in [0.3, 0.4) is 0 Å². The second-order valence-electron chi connectivity index (χ2n) is 5.85. The summed E-state index contributed by atoms with van der Waals surface area (Å²) in [6.45, 7) is 6.24. The van der Waals surface area contributed by atoms with E-state index in [4.69, 9.17) is 11.6 Å². The maximum absolute atomic E-state index is 12.6. The van der Waals surface area contributed by atoms with Crippen molar-refractivity contribution < 1.29 is 8.42 Å². The van der Waals surface area contributed by atoms with Crippen molar-refractivity contribution in [3.05, 3.63) is 65.2 Å². The van der Waals surface area contributed by atoms with Gasteiger partial charge in [0, 0.05) is 12.6 Å². The molecule has 4 nitrogen and oxygen atoms in total. The van der Waals surface area contributed by atoms with Crippen molar-refractivity contribution in [3.63, 3.8) is 0 Å². The second-order valence-corrected chi connectivity index (χ2v) is 7.99. The Morgan fingerprint density at radius 2 is 1.60 bits per heavy atom. The molecule has 0 bridgehead atoms. The number of nitrogens with one attached hydrogen (secondary N) is 1. The van der Waals surface area contributed by atoms with Gasteiger partial charge in [-0.1, -0.05) is 67.9 Å². The van der Waals surface area contributed by atoms with Gasteiger partial charge in [-0.3, -0.25) is 4.90 Å². The highest BCUT2D eigenvalue weighted by molar-refractivity contribution is 7.89. The first kappa shape index (κ1) is 19.9. The van der Waals surface area contributed by atoms with Crippen molar-refractivity contribution in [2.75, 3.05) is 19.6 Å². The molecule has 1 atom stereocenters.